The fourth-order valence-corrected chi connectivity index (χ4v) is 2.60. The lowest BCUT2D eigenvalue weighted by atomic mass is 9.82. The minimum absolute atomic E-state index is 1.00. The third kappa shape index (κ3) is 2.04. The van der Waals surface area contributed by atoms with Crippen LogP contribution >= 0.6 is 0 Å². The van der Waals surface area contributed by atoms with Gasteiger partial charge in [-0.25, -0.2) is 0 Å². The summed E-state index contributed by atoms with van der Waals surface area (Å²) in [6.07, 6.45) is 14.4. The smallest absolute Gasteiger partial charge is 0.0130 e. The molecule has 0 bridgehead atoms. The minimum atomic E-state index is 1.00. The molecule has 0 saturated carbocycles. The maximum absolute atomic E-state index is 2.37. The molecule has 0 aromatic heterocycles. The third-order valence-electron chi connectivity index (χ3n) is 3.47. The molecule has 2 aliphatic carbocycles. The van der Waals surface area contributed by atoms with Crippen molar-refractivity contribution in [2.24, 2.45) is 5.92 Å². The Morgan fingerprint density at radius 1 is 1.46 bits per heavy atom. The van der Waals surface area contributed by atoms with Crippen LogP contribution in [0.15, 0.2) is 23.3 Å². The molecule has 0 nitrogen and oxygen atoms in total. The molecule has 2 aliphatic rings. The van der Waals surface area contributed by atoms with Crippen LogP contribution in [0.2, 0.25) is 0 Å². The van der Waals surface area contributed by atoms with Crippen LogP contribution in [0.4, 0.5) is 0 Å². The van der Waals surface area contributed by atoms with Crippen LogP contribution in [-0.4, -0.2) is 0 Å². The first kappa shape index (κ1) is 9.05. The molecule has 0 amide bonds. The van der Waals surface area contributed by atoms with Gasteiger partial charge in [0.25, 0.3) is 0 Å². The Kier molecular flexibility index (Phi) is 2.87. The number of allylic oxidation sites excluding steroid dienone is 4. The molecule has 2 rings (SSSR count). The van der Waals surface area contributed by atoms with E-state index in [0.29, 0.717) is 0 Å². The molecule has 0 fully saturated rings. The maximum Gasteiger partial charge on any atom is -0.0130 e. The summed E-state index contributed by atoms with van der Waals surface area (Å²) in [5, 5.41) is 0. The fourth-order valence-electron chi connectivity index (χ4n) is 2.60. The van der Waals surface area contributed by atoms with E-state index in [2.05, 4.69) is 19.1 Å². The van der Waals surface area contributed by atoms with Crippen molar-refractivity contribution >= 4 is 0 Å². The maximum atomic E-state index is 2.37. The van der Waals surface area contributed by atoms with Gasteiger partial charge in [-0.05, 0) is 37.2 Å². The van der Waals surface area contributed by atoms with E-state index in [0.717, 1.165) is 5.92 Å². The lowest BCUT2D eigenvalue weighted by Gasteiger charge is -2.23. The summed E-state index contributed by atoms with van der Waals surface area (Å²) in [7, 11) is 0. The highest BCUT2D eigenvalue weighted by Crippen LogP contribution is 2.37. The normalized spacial score (nSPS) is 26.7. The number of rotatable bonds is 3. The zero-order valence-electron chi connectivity index (χ0n) is 8.68. The molecule has 0 heteroatoms. The molecule has 0 heterocycles. The van der Waals surface area contributed by atoms with Crippen LogP contribution in [-0.2, 0) is 0 Å². The lowest BCUT2D eigenvalue weighted by molar-refractivity contribution is 0.414. The second-order valence-corrected chi connectivity index (χ2v) is 4.49. The summed E-state index contributed by atoms with van der Waals surface area (Å²) in [5.41, 5.74) is 3.43. The molecule has 13 heavy (non-hydrogen) atoms. The highest BCUT2D eigenvalue weighted by atomic mass is 14.3. The van der Waals surface area contributed by atoms with Crippen molar-refractivity contribution < 1.29 is 0 Å². The molecule has 0 aromatic carbocycles. The highest BCUT2D eigenvalue weighted by molar-refractivity contribution is 5.35. The first-order chi connectivity index (χ1) is 6.40. The van der Waals surface area contributed by atoms with Gasteiger partial charge >= 0.3 is 0 Å². The standard InChI is InChI=1S/C13H20/c1-2-3-5-11-8-9-12-6-4-7-13(12)10-11/h4,7,11H,2-3,5-6,8-10H2,1H3. The van der Waals surface area contributed by atoms with Crippen LogP contribution in [0.1, 0.15) is 51.9 Å². The average Bonchev–Trinajstić information content (AvgIpc) is 2.61. The van der Waals surface area contributed by atoms with E-state index in [1.165, 1.54) is 44.9 Å². The quantitative estimate of drug-likeness (QED) is 0.603. The Hall–Kier alpha value is -0.520. The summed E-state index contributed by atoms with van der Waals surface area (Å²) >= 11 is 0. The first-order valence-corrected chi connectivity index (χ1v) is 5.77. The Morgan fingerprint density at radius 3 is 3.23 bits per heavy atom. The van der Waals surface area contributed by atoms with Gasteiger partial charge in [-0.1, -0.05) is 43.9 Å². The van der Waals surface area contributed by atoms with Gasteiger partial charge in [-0.2, -0.15) is 0 Å². The second-order valence-electron chi connectivity index (χ2n) is 4.49. The summed E-state index contributed by atoms with van der Waals surface area (Å²) in [6.45, 7) is 2.29. The van der Waals surface area contributed by atoms with Crippen molar-refractivity contribution in [1.29, 1.82) is 0 Å². The predicted molar refractivity (Wildman–Crippen MR) is 57.6 cm³/mol. The predicted octanol–water partition coefficient (Wildman–Crippen LogP) is 4.23. The van der Waals surface area contributed by atoms with E-state index in [-0.39, 0.29) is 0 Å². The number of unbranched alkanes of at least 4 members (excludes halogenated alkanes) is 1. The van der Waals surface area contributed by atoms with E-state index in [1.807, 2.05) is 0 Å². The van der Waals surface area contributed by atoms with Crippen LogP contribution < -0.4 is 0 Å². The summed E-state index contributed by atoms with van der Waals surface area (Å²) in [5.74, 6) is 1.00. The molecule has 0 radical (unpaired) electrons. The van der Waals surface area contributed by atoms with Crippen LogP contribution in [0.5, 0.6) is 0 Å². The Labute approximate surface area is 81.7 Å². The van der Waals surface area contributed by atoms with Crippen molar-refractivity contribution in [2.45, 2.75) is 51.9 Å². The minimum Gasteiger partial charge on any atom is -0.0802 e. The average molecular weight is 176 g/mol. The largest absolute Gasteiger partial charge is 0.0802 e. The Bertz CT molecular complexity index is 232. The van der Waals surface area contributed by atoms with Crippen molar-refractivity contribution in [1.82, 2.24) is 0 Å². The van der Waals surface area contributed by atoms with E-state index in [1.54, 1.807) is 11.1 Å². The van der Waals surface area contributed by atoms with E-state index in [9.17, 15) is 0 Å². The molecular formula is C13H20. The van der Waals surface area contributed by atoms with Crippen molar-refractivity contribution in [3.63, 3.8) is 0 Å². The number of hydrogen-bond acceptors (Lipinski definition) is 0. The van der Waals surface area contributed by atoms with Gasteiger partial charge in [0.1, 0.15) is 0 Å². The van der Waals surface area contributed by atoms with Crippen molar-refractivity contribution in [3.05, 3.63) is 23.3 Å². The molecule has 0 N–H and O–H groups in total. The molecular weight excluding hydrogens is 156 g/mol. The van der Waals surface area contributed by atoms with Gasteiger partial charge < -0.3 is 0 Å². The summed E-state index contributed by atoms with van der Waals surface area (Å²) < 4.78 is 0. The summed E-state index contributed by atoms with van der Waals surface area (Å²) in [6, 6.07) is 0. The molecule has 72 valence electrons. The van der Waals surface area contributed by atoms with Gasteiger partial charge in [0.05, 0.1) is 0 Å². The van der Waals surface area contributed by atoms with Crippen molar-refractivity contribution in [3.8, 4) is 0 Å². The zero-order chi connectivity index (χ0) is 9.10. The van der Waals surface area contributed by atoms with E-state index in [4.69, 9.17) is 0 Å². The molecule has 1 atom stereocenters. The van der Waals surface area contributed by atoms with Gasteiger partial charge in [-0.15, -0.1) is 0 Å². The highest BCUT2D eigenvalue weighted by Gasteiger charge is 2.20. The second kappa shape index (κ2) is 4.13. The van der Waals surface area contributed by atoms with Crippen LogP contribution in [0, 0.1) is 5.92 Å². The lowest BCUT2D eigenvalue weighted by Crippen LogP contribution is -2.08. The van der Waals surface area contributed by atoms with Gasteiger partial charge in [0, 0.05) is 0 Å². The molecule has 0 saturated heterocycles. The first-order valence-electron chi connectivity index (χ1n) is 5.77. The van der Waals surface area contributed by atoms with Crippen LogP contribution in [0.25, 0.3) is 0 Å². The topological polar surface area (TPSA) is 0 Å². The van der Waals surface area contributed by atoms with E-state index >= 15 is 0 Å². The van der Waals surface area contributed by atoms with Gasteiger partial charge in [-0.3, -0.25) is 0 Å². The Morgan fingerprint density at radius 2 is 2.38 bits per heavy atom. The fraction of sp³-hybridized carbons (Fsp3) is 0.692. The third-order valence-corrected chi connectivity index (χ3v) is 3.47. The molecule has 0 aliphatic heterocycles. The van der Waals surface area contributed by atoms with Gasteiger partial charge in [0.2, 0.25) is 0 Å². The summed E-state index contributed by atoms with van der Waals surface area (Å²) in [4.78, 5) is 0. The Balaban J connectivity index is 1.88. The monoisotopic (exact) mass is 176 g/mol. The molecule has 0 aromatic rings. The van der Waals surface area contributed by atoms with Gasteiger partial charge in [0.15, 0.2) is 0 Å². The van der Waals surface area contributed by atoms with Crippen LogP contribution in [0.3, 0.4) is 0 Å². The molecule has 0 spiro atoms. The van der Waals surface area contributed by atoms with Crippen molar-refractivity contribution in [2.75, 3.05) is 0 Å². The zero-order valence-corrected chi connectivity index (χ0v) is 8.68. The van der Waals surface area contributed by atoms with E-state index < -0.39 is 0 Å². The molecule has 1 unspecified atom stereocenters. The number of hydrogen-bond donors (Lipinski definition) is 0. The SMILES string of the molecule is CCCCC1CCC2=C(C=CC2)C1.